The second kappa shape index (κ2) is 6.81. The Hall–Kier alpha value is -3.08. The van der Waals surface area contributed by atoms with Gasteiger partial charge in [0, 0.05) is 12.8 Å². The number of rotatable bonds is 3. The molecule has 0 aliphatic carbocycles. The summed E-state index contributed by atoms with van der Waals surface area (Å²) in [5.41, 5.74) is -1.28. The first kappa shape index (κ1) is 18.3. The molecule has 2 aromatic rings. The number of pyridine rings is 1. The Morgan fingerprint density at radius 2 is 2.08 bits per heavy atom. The van der Waals surface area contributed by atoms with Crippen molar-refractivity contribution in [3.8, 4) is 11.9 Å². The molecule has 2 rings (SSSR count). The number of aromatic nitrogens is 1. The number of nitrogens with zero attached hydrogens (tertiary/aromatic N) is 3. The number of hydrogen-bond acceptors (Lipinski definition) is 4. The Labute approximate surface area is 141 Å². The zero-order chi connectivity index (χ0) is 18.8. The molecule has 25 heavy (non-hydrogen) atoms. The summed E-state index contributed by atoms with van der Waals surface area (Å²) in [7, 11) is 0. The van der Waals surface area contributed by atoms with Crippen LogP contribution in [0, 0.1) is 18.3 Å². The minimum atomic E-state index is -4.49. The van der Waals surface area contributed by atoms with Gasteiger partial charge in [0.1, 0.15) is 11.6 Å². The lowest BCUT2D eigenvalue weighted by molar-refractivity contribution is -0.137. The molecule has 0 unspecified atom stereocenters. The molecule has 1 N–H and O–H groups in total. The second-order valence-corrected chi connectivity index (χ2v) is 5.20. The fourth-order valence-corrected chi connectivity index (χ4v) is 2.32. The zero-order valence-electron chi connectivity index (χ0n) is 13.4. The lowest BCUT2D eigenvalue weighted by Gasteiger charge is -2.12. The van der Waals surface area contributed by atoms with Gasteiger partial charge in [0.25, 0.3) is 5.56 Å². The summed E-state index contributed by atoms with van der Waals surface area (Å²) in [6, 6.07) is 6.16. The van der Waals surface area contributed by atoms with E-state index in [0.717, 1.165) is 22.9 Å². The monoisotopic (exact) mass is 349 g/mol. The van der Waals surface area contributed by atoms with Gasteiger partial charge in [-0.1, -0.05) is 6.07 Å². The van der Waals surface area contributed by atoms with E-state index in [9.17, 15) is 23.1 Å². The Kier molecular flexibility index (Phi) is 4.97. The predicted octanol–water partition coefficient (Wildman–Crippen LogP) is 3.52. The first-order valence-corrected chi connectivity index (χ1v) is 7.28. The quantitative estimate of drug-likeness (QED) is 0.861. The molecule has 0 fully saturated rings. The van der Waals surface area contributed by atoms with E-state index < -0.39 is 17.3 Å². The van der Waals surface area contributed by atoms with Crippen molar-refractivity contribution in [1.29, 1.82) is 5.26 Å². The number of hydrogen-bond donors (Lipinski definition) is 1. The summed E-state index contributed by atoms with van der Waals surface area (Å²) in [6.07, 6.45) is -3.35. The van der Waals surface area contributed by atoms with E-state index in [1.807, 2.05) is 0 Å². The molecule has 0 atom stereocenters. The molecule has 8 heteroatoms. The van der Waals surface area contributed by atoms with Crippen LogP contribution in [0.3, 0.4) is 0 Å². The topological polar surface area (TPSA) is 78.4 Å². The Bertz CT molecular complexity index is 938. The highest BCUT2D eigenvalue weighted by molar-refractivity contribution is 5.87. The van der Waals surface area contributed by atoms with Gasteiger partial charge in [0.2, 0.25) is 5.88 Å². The molecule has 0 saturated heterocycles. The molecule has 1 aromatic heterocycles. The average molecular weight is 349 g/mol. The van der Waals surface area contributed by atoms with E-state index in [2.05, 4.69) is 4.99 Å². The minimum Gasteiger partial charge on any atom is -0.494 e. The summed E-state index contributed by atoms with van der Waals surface area (Å²) in [6.45, 7) is 3.21. The smallest absolute Gasteiger partial charge is 0.416 e. The minimum absolute atomic E-state index is 0.0291. The van der Waals surface area contributed by atoms with Gasteiger partial charge in [-0.05, 0) is 37.6 Å². The highest BCUT2D eigenvalue weighted by Crippen LogP contribution is 2.31. The molecule has 0 aliphatic heterocycles. The predicted molar refractivity (Wildman–Crippen MR) is 86.2 cm³/mol. The molecule has 0 saturated carbocycles. The van der Waals surface area contributed by atoms with E-state index in [1.54, 1.807) is 13.0 Å². The van der Waals surface area contributed by atoms with Gasteiger partial charge < -0.3 is 5.11 Å². The number of nitriles is 1. The summed E-state index contributed by atoms with van der Waals surface area (Å²) in [4.78, 5) is 16.0. The van der Waals surface area contributed by atoms with Crippen molar-refractivity contribution in [1.82, 2.24) is 4.57 Å². The van der Waals surface area contributed by atoms with Gasteiger partial charge in [-0.2, -0.15) is 18.4 Å². The summed E-state index contributed by atoms with van der Waals surface area (Å²) in [5.74, 6) is -0.389. The maximum Gasteiger partial charge on any atom is 0.416 e. The SMILES string of the molecule is CCn1c(O)c(C=Nc2cccc(C(F)(F)F)c2)c(C)c(C#N)c1=O. The van der Waals surface area contributed by atoms with E-state index >= 15 is 0 Å². The average Bonchev–Trinajstić information content (AvgIpc) is 2.55. The molecular weight excluding hydrogens is 335 g/mol. The lowest BCUT2D eigenvalue weighted by Crippen LogP contribution is -2.24. The zero-order valence-corrected chi connectivity index (χ0v) is 13.4. The van der Waals surface area contributed by atoms with Crippen LogP contribution >= 0.6 is 0 Å². The van der Waals surface area contributed by atoms with Crippen molar-refractivity contribution in [2.75, 3.05) is 0 Å². The summed E-state index contributed by atoms with van der Waals surface area (Å²) < 4.78 is 39.2. The number of alkyl halides is 3. The van der Waals surface area contributed by atoms with E-state index in [-0.39, 0.29) is 34.8 Å². The maximum atomic E-state index is 12.7. The van der Waals surface area contributed by atoms with Crippen LogP contribution in [0.5, 0.6) is 5.88 Å². The molecule has 1 heterocycles. The van der Waals surface area contributed by atoms with Gasteiger partial charge in [-0.3, -0.25) is 14.4 Å². The van der Waals surface area contributed by atoms with Crippen LogP contribution in [0.1, 0.15) is 29.2 Å². The van der Waals surface area contributed by atoms with E-state index in [4.69, 9.17) is 5.26 Å². The third-order valence-electron chi connectivity index (χ3n) is 3.68. The normalized spacial score (nSPS) is 11.7. The second-order valence-electron chi connectivity index (χ2n) is 5.20. The van der Waals surface area contributed by atoms with Crippen LogP contribution in [-0.4, -0.2) is 15.9 Å². The van der Waals surface area contributed by atoms with Crippen molar-refractivity contribution in [3.05, 3.63) is 56.9 Å². The Morgan fingerprint density at radius 1 is 1.40 bits per heavy atom. The molecule has 0 bridgehead atoms. The van der Waals surface area contributed by atoms with Gasteiger partial charge >= 0.3 is 6.18 Å². The lowest BCUT2D eigenvalue weighted by atomic mass is 10.1. The number of aromatic hydroxyl groups is 1. The first-order valence-electron chi connectivity index (χ1n) is 7.28. The third-order valence-corrected chi connectivity index (χ3v) is 3.68. The van der Waals surface area contributed by atoms with Crippen molar-refractivity contribution in [2.45, 2.75) is 26.6 Å². The van der Waals surface area contributed by atoms with Crippen molar-refractivity contribution >= 4 is 11.9 Å². The van der Waals surface area contributed by atoms with Crippen LogP contribution in [-0.2, 0) is 12.7 Å². The molecule has 130 valence electrons. The fraction of sp³-hybridized carbons (Fsp3) is 0.235. The molecule has 0 radical (unpaired) electrons. The van der Waals surface area contributed by atoms with Crippen LogP contribution in [0.25, 0.3) is 0 Å². The van der Waals surface area contributed by atoms with E-state index in [1.165, 1.54) is 19.1 Å². The number of aliphatic imine (C=N–C) groups is 1. The first-order chi connectivity index (χ1) is 11.7. The van der Waals surface area contributed by atoms with Crippen LogP contribution in [0.15, 0.2) is 34.1 Å². The van der Waals surface area contributed by atoms with Crippen molar-refractivity contribution in [3.63, 3.8) is 0 Å². The van der Waals surface area contributed by atoms with Crippen molar-refractivity contribution < 1.29 is 18.3 Å². The Balaban J connectivity index is 2.57. The highest BCUT2D eigenvalue weighted by atomic mass is 19.4. The Morgan fingerprint density at radius 3 is 2.64 bits per heavy atom. The molecule has 0 amide bonds. The van der Waals surface area contributed by atoms with Gasteiger partial charge in [0.15, 0.2) is 0 Å². The highest BCUT2D eigenvalue weighted by Gasteiger charge is 2.30. The molecule has 0 aliphatic rings. The van der Waals surface area contributed by atoms with Crippen LogP contribution in [0.2, 0.25) is 0 Å². The molecular formula is C17H14F3N3O2. The van der Waals surface area contributed by atoms with Gasteiger partial charge in [-0.25, -0.2) is 0 Å². The summed E-state index contributed by atoms with van der Waals surface area (Å²) in [5, 5.41) is 19.3. The van der Waals surface area contributed by atoms with Crippen molar-refractivity contribution in [2.24, 2.45) is 4.99 Å². The number of benzene rings is 1. The van der Waals surface area contributed by atoms with E-state index in [0.29, 0.717) is 0 Å². The van der Waals surface area contributed by atoms with Crippen LogP contribution in [0.4, 0.5) is 18.9 Å². The largest absolute Gasteiger partial charge is 0.494 e. The third kappa shape index (κ3) is 3.55. The standard InChI is InChI=1S/C17H14F3N3O2/c1-3-23-15(24)13(8-21)10(2)14(16(23)25)9-22-12-6-4-5-11(7-12)17(18,19)20/h4-7,9,25H,3H2,1-2H3. The summed E-state index contributed by atoms with van der Waals surface area (Å²) >= 11 is 0. The molecule has 0 spiro atoms. The van der Waals surface area contributed by atoms with Gasteiger partial charge in [-0.15, -0.1) is 0 Å². The molecule has 5 nitrogen and oxygen atoms in total. The molecule has 1 aromatic carbocycles. The van der Waals surface area contributed by atoms with Gasteiger partial charge in [0.05, 0.1) is 16.8 Å². The van der Waals surface area contributed by atoms with Crippen LogP contribution < -0.4 is 5.56 Å². The fourth-order valence-electron chi connectivity index (χ4n) is 2.32. The maximum absolute atomic E-state index is 12.7. The number of halogens is 3.